The van der Waals surface area contributed by atoms with Crippen LogP contribution in [0.4, 0.5) is 17.3 Å². The van der Waals surface area contributed by atoms with Gasteiger partial charge in [-0.05, 0) is 66.9 Å². The zero-order chi connectivity index (χ0) is 23.7. The summed E-state index contributed by atoms with van der Waals surface area (Å²) in [5.74, 6) is 0.936. The molecule has 0 spiro atoms. The molecule has 0 amide bonds. The van der Waals surface area contributed by atoms with Crippen molar-refractivity contribution in [2.45, 2.75) is 18.7 Å². The van der Waals surface area contributed by atoms with Gasteiger partial charge in [0.1, 0.15) is 22.8 Å². The fourth-order valence-corrected chi connectivity index (χ4v) is 5.49. The summed E-state index contributed by atoms with van der Waals surface area (Å²) >= 11 is 1.57. The molecule has 0 saturated carbocycles. The number of pyridine rings is 1. The Balaban J connectivity index is 1.45. The van der Waals surface area contributed by atoms with Gasteiger partial charge in [0, 0.05) is 22.8 Å². The molecular formula is C25H21N5O2S2. The van der Waals surface area contributed by atoms with Crippen molar-refractivity contribution in [2.24, 2.45) is 0 Å². The van der Waals surface area contributed by atoms with Gasteiger partial charge in [-0.3, -0.25) is 4.72 Å². The molecule has 5 rings (SSSR count). The fraction of sp³-hybridized carbons (Fsp3) is 0.0800. The van der Waals surface area contributed by atoms with Crippen molar-refractivity contribution in [3.63, 3.8) is 0 Å². The zero-order valence-electron chi connectivity index (χ0n) is 18.5. The van der Waals surface area contributed by atoms with Crippen molar-refractivity contribution in [1.82, 2.24) is 15.0 Å². The lowest BCUT2D eigenvalue weighted by molar-refractivity contribution is 0.601. The first-order valence-corrected chi connectivity index (χ1v) is 12.9. The summed E-state index contributed by atoms with van der Waals surface area (Å²) in [6.07, 6.45) is 3.06. The van der Waals surface area contributed by atoms with Crippen molar-refractivity contribution in [3.8, 4) is 11.1 Å². The van der Waals surface area contributed by atoms with Crippen LogP contribution in [0.15, 0.2) is 83.5 Å². The Hall–Kier alpha value is -3.82. The number of anilines is 3. The molecule has 0 aliphatic rings. The molecule has 34 heavy (non-hydrogen) atoms. The molecule has 3 aromatic heterocycles. The highest BCUT2D eigenvalue weighted by molar-refractivity contribution is 7.92. The van der Waals surface area contributed by atoms with Crippen LogP contribution in [0.3, 0.4) is 0 Å². The SMILES string of the molecule is Cc1ccc(-c2csc3ncnc(Nc4ccc(S(=O)(=O)Nc5ccccn5)cc4)c23)cc1C. The molecule has 2 aromatic carbocycles. The summed E-state index contributed by atoms with van der Waals surface area (Å²) < 4.78 is 27.8. The Morgan fingerprint density at radius 2 is 1.71 bits per heavy atom. The van der Waals surface area contributed by atoms with E-state index in [-0.39, 0.29) is 10.7 Å². The van der Waals surface area contributed by atoms with Gasteiger partial charge in [0.15, 0.2) is 0 Å². The van der Waals surface area contributed by atoms with Gasteiger partial charge < -0.3 is 5.32 Å². The highest BCUT2D eigenvalue weighted by Gasteiger charge is 2.16. The van der Waals surface area contributed by atoms with E-state index in [0.717, 1.165) is 21.3 Å². The van der Waals surface area contributed by atoms with Gasteiger partial charge in [-0.25, -0.2) is 23.4 Å². The van der Waals surface area contributed by atoms with Crippen molar-refractivity contribution in [2.75, 3.05) is 10.0 Å². The van der Waals surface area contributed by atoms with E-state index in [9.17, 15) is 8.42 Å². The van der Waals surface area contributed by atoms with E-state index >= 15 is 0 Å². The van der Waals surface area contributed by atoms with Crippen LogP contribution in [0.1, 0.15) is 11.1 Å². The van der Waals surface area contributed by atoms with E-state index in [4.69, 9.17) is 0 Å². The Morgan fingerprint density at radius 3 is 2.44 bits per heavy atom. The first-order chi connectivity index (χ1) is 16.4. The van der Waals surface area contributed by atoms with Crippen LogP contribution in [-0.2, 0) is 10.0 Å². The maximum Gasteiger partial charge on any atom is 0.263 e. The summed E-state index contributed by atoms with van der Waals surface area (Å²) in [7, 11) is -3.74. The predicted molar refractivity (Wildman–Crippen MR) is 137 cm³/mol. The lowest BCUT2D eigenvalue weighted by Gasteiger charge is -2.11. The lowest BCUT2D eigenvalue weighted by Crippen LogP contribution is -2.13. The highest BCUT2D eigenvalue weighted by Crippen LogP contribution is 2.38. The number of fused-ring (bicyclic) bond motifs is 1. The van der Waals surface area contributed by atoms with Crippen molar-refractivity contribution < 1.29 is 8.42 Å². The van der Waals surface area contributed by atoms with Crippen molar-refractivity contribution in [1.29, 1.82) is 0 Å². The number of hydrogen-bond acceptors (Lipinski definition) is 7. The second-order valence-corrected chi connectivity index (χ2v) is 10.4. The number of aryl methyl sites for hydroxylation is 2. The van der Waals surface area contributed by atoms with E-state index in [0.29, 0.717) is 11.5 Å². The largest absolute Gasteiger partial charge is 0.340 e. The van der Waals surface area contributed by atoms with E-state index < -0.39 is 10.0 Å². The Morgan fingerprint density at radius 1 is 0.882 bits per heavy atom. The summed E-state index contributed by atoms with van der Waals surface area (Å²) in [4.78, 5) is 13.9. The average molecular weight is 488 g/mol. The molecule has 9 heteroatoms. The van der Waals surface area contributed by atoms with Crippen LogP contribution < -0.4 is 10.0 Å². The minimum Gasteiger partial charge on any atom is -0.340 e. The smallest absolute Gasteiger partial charge is 0.263 e. The first-order valence-electron chi connectivity index (χ1n) is 10.5. The molecule has 3 heterocycles. The molecule has 0 radical (unpaired) electrons. The van der Waals surface area contributed by atoms with Gasteiger partial charge in [-0.2, -0.15) is 0 Å². The standard InChI is InChI=1S/C25H21N5O2S2/c1-16-6-7-18(13-17(16)2)21-14-33-25-23(21)24(27-15-28-25)29-19-8-10-20(11-9-19)34(31,32)30-22-5-3-4-12-26-22/h3-15H,1-2H3,(H,26,30)(H,27,28,29). The first kappa shape index (κ1) is 22.0. The molecule has 0 atom stereocenters. The predicted octanol–water partition coefficient (Wildman–Crippen LogP) is 5.91. The molecule has 2 N–H and O–H groups in total. The molecule has 7 nitrogen and oxygen atoms in total. The molecule has 0 aliphatic carbocycles. The van der Waals surface area contributed by atoms with E-state index in [1.807, 2.05) is 0 Å². The third kappa shape index (κ3) is 4.35. The van der Waals surface area contributed by atoms with Crippen molar-refractivity contribution >= 4 is 48.9 Å². The Kier molecular flexibility index (Phi) is 5.72. The molecule has 0 saturated heterocycles. The number of rotatable bonds is 6. The maximum atomic E-state index is 12.7. The van der Waals surface area contributed by atoms with Gasteiger partial charge in [0.25, 0.3) is 10.0 Å². The van der Waals surface area contributed by atoms with Crippen LogP contribution in [0.2, 0.25) is 0 Å². The van der Waals surface area contributed by atoms with E-state index in [1.165, 1.54) is 23.7 Å². The van der Waals surface area contributed by atoms with Crippen LogP contribution in [0.25, 0.3) is 21.3 Å². The van der Waals surface area contributed by atoms with E-state index in [2.05, 4.69) is 62.4 Å². The zero-order valence-corrected chi connectivity index (χ0v) is 20.1. The summed E-state index contributed by atoms with van der Waals surface area (Å²) in [6.45, 7) is 4.19. The van der Waals surface area contributed by atoms with Crippen LogP contribution in [0, 0.1) is 13.8 Å². The quantitative estimate of drug-likeness (QED) is 0.309. The second kappa shape index (κ2) is 8.85. The molecule has 0 unspecified atom stereocenters. The molecule has 170 valence electrons. The number of nitrogens with one attached hydrogen (secondary N) is 2. The molecule has 0 fully saturated rings. The summed E-state index contributed by atoms with van der Waals surface area (Å²) in [5.41, 5.74) is 5.35. The minimum absolute atomic E-state index is 0.142. The fourth-order valence-electron chi connectivity index (χ4n) is 3.57. The van der Waals surface area contributed by atoms with Gasteiger partial charge >= 0.3 is 0 Å². The third-order valence-electron chi connectivity index (χ3n) is 5.52. The summed E-state index contributed by atoms with van der Waals surface area (Å²) in [6, 6.07) is 17.9. The normalized spacial score (nSPS) is 11.5. The molecule has 0 bridgehead atoms. The topological polar surface area (TPSA) is 96.9 Å². The molecule has 5 aromatic rings. The third-order valence-corrected chi connectivity index (χ3v) is 7.78. The van der Waals surface area contributed by atoms with Crippen LogP contribution in [0.5, 0.6) is 0 Å². The molecular weight excluding hydrogens is 466 g/mol. The van der Waals surface area contributed by atoms with Gasteiger partial charge in [0.05, 0.1) is 10.3 Å². The summed E-state index contributed by atoms with van der Waals surface area (Å²) in [5, 5.41) is 6.35. The molecule has 0 aliphatic heterocycles. The number of sulfonamides is 1. The maximum absolute atomic E-state index is 12.7. The number of thiophene rings is 1. The Labute approximate surface area is 201 Å². The highest BCUT2D eigenvalue weighted by atomic mass is 32.2. The number of hydrogen-bond donors (Lipinski definition) is 2. The Bertz CT molecular complexity index is 1580. The van der Waals surface area contributed by atoms with Crippen LogP contribution in [-0.4, -0.2) is 23.4 Å². The van der Waals surface area contributed by atoms with Crippen molar-refractivity contribution in [3.05, 3.63) is 89.7 Å². The van der Waals surface area contributed by atoms with Gasteiger partial charge in [-0.15, -0.1) is 11.3 Å². The minimum atomic E-state index is -3.74. The van der Waals surface area contributed by atoms with Gasteiger partial charge in [-0.1, -0.05) is 24.3 Å². The lowest BCUT2D eigenvalue weighted by atomic mass is 10.0. The monoisotopic (exact) mass is 487 g/mol. The second-order valence-electron chi connectivity index (χ2n) is 7.82. The number of aromatic nitrogens is 3. The average Bonchev–Trinajstić information content (AvgIpc) is 3.27. The van der Waals surface area contributed by atoms with Gasteiger partial charge in [0.2, 0.25) is 0 Å². The number of nitrogens with zero attached hydrogens (tertiary/aromatic N) is 3. The van der Waals surface area contributed by atoms with Crippen LogP contribution >= 0.6 is 11.3 Å². The number of benzene rings is 2. The van der Waals surface area contributed by atoms with E-state index in [1.54, 1.807) is 53.8 Å².